The van der Waals surface area contributed by atoms with Gasteiger partial charge in [-0.3, -0.25) is 0 Å². The molecule has 0 aliphatic carbocycles. The summed E-state index contributed by atoms with van der Waals surface area (Å²) in [6.07, 6.45) is -0.0567. The van der Waals surface area contributed by atoms with Crippen molar-refractivity contribution in [1.29, 1.82) is 0 Å². The molecule has 1 N–H and O–H groups in total. The Morgan fingerprint density at radius 1 is 1.14 bits per heavy atom. The molecular formula is C18H20N2O2. The number of hydrogen-bond donors (Lipinski definition) is 1. The van der Waals surface area contributed by atoms with Crippen LogP contribution in [0, 0.1) is 6.92 Å². The predicted molar refractivity (Wildman–Crippen MR) is 86.9 cm³/mol. The number of hydrogen-bond acceptors (Lipinski definition) is 2. The highest BCUT2D eigenvalue weighted by Crippen LogP contribution is 2.22. The number of aryl methyl sites for hydroxylation is 1. The quantitative estimate of drug-likeness (QED) is 0.920. The summed E-state index contributed by atoms with van der Waals surface area (Å²) in [6, 6.07) is 17.8. The van der Waals surface area contributed by atoms with Crippen molar-refractivity contribution >= 4 is 11.7 Å². The van der Waals surface area contributed by atoms with E-state index < -0.39 is 0 Å². The van der Waals surface area contributed by atoms with E-state index in [9.17, 15) is 4.79 Å². The van der Waals surface area contributed by atoms with Crippen LogP contribution in [0.3, 0.4) is 0 Å². The molecule has 0 bridgehead atoms. The Bertz CT molecular complexity index is 625. The van der Waals surface area contributed by atoms with Crippen LogP contribution in [0.5, 0.6) is 0 Å². The summed E-state index contributed by atoms with van der Waals surface area (Å²) >= 11 is 0. The SMILES string of the molecule is Cc1ccc(NC(=O)N2CCOC(c3ccccc3)C2)cc1. The van der Waals surface area contributed by atoms with Gasteiger partial charge in [0.1, 0.15) is 6.10 Å². The molecule has 4 heteroatoms. The molecule has 22 heavy (non-hydrogen) atoms. The first-order valence-electron chi connectivity index (χ1n) is 7.51. The summed E-state index contributed by atoms with van der Waals surface area (Å²) in [4.78, 5) is 14.2. The van der Waals surface area contributed by atoms with Crippen molar-refractivity contribution in [2.24, 2.45) is 0 Å². The molecular weight excluding hydrogens is 276 g/mol. The minimum absolute atomic E-state index is 0.0567. The Balaban J connectivity index is 1.64. The van der Waals surface area contributed by atoms with Crippen LogP contribution >= 0.6 is 0 Å². The standard InChI is InChI=1S/C18H20N2O2/c1-14-7-9-16(10-8-14)19-18(21)20-11-12-22-17(13-20)15-5-3-2-4-6-15/h2-10,17H,11-13H2,1H3,(H,19,21). The van der Waals surface area contributed by atoms with Crippen molar-refractivity contribution in [3.8, 4) is 0 Å². The van der Waals surface area contributed by atoms with Gasteiger partial charge in [-0.25, -0.2) is 4.79 Å². The Morgan fingerprint density at radius 3 is 2.59 bits per heavy atom. The summed E-state index contributed by atoms with van der Waals surface area (Å²) in [5, 5.41) is 2.94. The van der Waals surface area contributed by atoms with Crippen molar-refractivity contribution < 1.29 is 9.53 Å². The first kappa shape index (κ1) is 14.6. The monoisotopic (exact) mass is 296 g/mol. The van der Waals surface area contributed by atoms with E-state index in [0.717, 1.165) is 11.3 Å². The van der Waals surface area contributed by atoms with Gasteiger partial charge in [0.05, 0.1) is 13.2 Å². The second-order valence-electron chi connectivity index (χ2n) is 5.51. The average Bonchev–Trinajstić information content (AvgIpc) is 2.58. The summed E-state index contributed by atoms with van der Waals surface area (Å²) in [6.45, 7) is 3.77. The van der Waals surface area contributed by atoms with Crippen LogP contribution in [0.1, 0.15) is 17.2 Å². The van der Waals surface area contributed by atoms with E-state index in [0.29, 0.717) is 19.7 Å². The number of carbonyl (C=O) groups excluding carboxylic acids is 1. The molecule has 3 rings (SSSR count). The number of amides is 2. The molecule has 1 aliphatic heterocycles. The maximum absolute atomic E-state index is 12.4. The molecule has 0 saturated carbocycles. The van der Waals surface area contributed by atoms with Gasteiger partial charge in [0.2, 0.25) is 0 Å². The molecule has 2 amide bonds. The lowest BCUT2D eigenvalue weighted by Crippen LogP contribution is -2.44. The third-order valence-corrected chi connectivity index (χ3v) is 3.83. The van der Waals surface area contributed by atoms with Gasteiger partial charge in [-0.05, 0) is 24.6 Å². The van der Waals surface area contributed by atoms with Gasteiger partial charge in [0, 0.05) is 12.2 Å². The van der Waals surface area contributed by atoms with Crippen molar-refractivity contribution in [3.63, 3.8) is 0 Å². The Hall–Kier alpha value is -2.33. The number of morpholine rings is 1. The second kappa shape index (κ2) is 6.62. The molecule has 114 valence electrons. The molecule has 0 radical (unpaired) electrons. The number of nitrogens with zero attached hydrogens (tertiary/aromatic N) is 1. The van der Waals surface area contributed by atoms with Crippen molar-refractivity contribution in [3.05, 3.63) is 65.7 Å². The fraction of sp³-hybridized carbons (Fsp3) is 0.278. The van der Waals surface area contributed by atoms with Crippen LogP contribution < -0.4 is 5.32 Å². The molecule has 1 unspecified atom stereocenters. The van der Waals surface area contributed by atoms with Crippen LogP contribution in [0.25, 0.3) is 0 Å². The zero-order valence-electron chi connectivity index (χ0n) is 12.7. The molecule has 1 heterocycles. The van der Waals surface area contributed by atoms with Gasteiger partial charge in [-0.15, -0.1) is 0 Å². The Morgan fingerprint density at radius 2 is 1.86 bits per heavy atom. The van der Waals surface area contributed by atoms with Crippen molar-refractivity contribution in [2.75, 3.05) is 25.0 Å². The maximum atomic E-state index is 12.4. The lowest BCUT2D eigenvalue weighted by molar-refractivity contribution is -0.0135. The number of anilines is 1. The van der Waals surface area contributed by atoms with Crippen LogP contribution in [0.15, 0.2) is 54.6 Å². The highest BCUT2D eigenvalue weighted by atomic mass is 16.5. The van der Waals surface area contributed by atoms with Crippen molar-refractivity contribution in [1.82, 2.24) is 4.90 Å². The number of urea groups is 1. The largest absolute Gasteiger partial charge is 0.370 e. The lowest BCUT2D eigenvalue weighted by atomic mass is 10.1. The zero-order valence-corrected chi connectivity index (χ0v) is 12.7. The molecule has 1 atom stereocenters. The molecule has 1 fully saturated rings. The Labute approximate surface area is 130 Å². The van der Waals surface area contributed by atoms with Gasteiger partial charge in [-0.1, -0.05) is 48.0 Å². The van der Waals surface area contributed by atoms with E-state index in [1.165, 1.54) is 5.56 Å². The highest BCUT2D eigenvalue weighted by Gasteiger charge is 2.25. The number of nitrogens with one attached hydrogen (secondary N) is 1. The number of rotatable bonds is 2. The smallest absolute Gasteiger partial charge is 0.322 e. The van der Waals surface area contributed by atoms with Gasteiger partial charge in [0.15, 0.2) is 0 Å². The second-order valence-corrected chi connectivity index (χ2v) is 5.51. The van der Waals surface area contributed by atoms with Crippen LogP contribution in [0.4, 0.5) is 10.5 Å². The zero-order chi connectivity index (χ0) is 15.4. The molecule has 0 aromatic heterocycles. The Kier molecular flexibility index (Phi) is 4.39. The van der Waals surface area contributed by atoms with E-state index in [2.05, 4.69) is 5.32 Å². The molecule has 2 aromatic rings. The van der Waals surface area contributed by atoms with E-state index in [-0.39, 0.29) is 12.1 Å². The van der Waals surface area contributed by atoms with Gasteiger partial charge in [0.25, 0.3) is 0 Å². The van der Waals surface area contributed by atoms with E-state index in [4.69, 9.17) is 4.74 Å². The summed E-state index contributed by atoms with van der Waals surface area (Å²) < 4.78 is 5.79. The highest BCUT2D eigenvalue weighted by molar-refractivity contribution is 5.89. The van der Waals surface area contributed by atoms with Crippen molar-refractivity contribution in [2.45, 2.75) is 13.0 Å². The lowest BCUT2D eigenvalue weighted by Gasteiger charge is -2.33. The fourth-order valence-corrected chi connectivity index (χ4v) is 2.54. The van der Waals surface area contributed by atoms with Crippen LogP contribution in [-0.4, -0.2) is 30.6 Å². The van der Waals surface area contributed by atoms with Gasteiger partial charge >= 0.3 is 6.03 Å². The molecule has 0 spiro atoms. The normalized spacial score (nSPS) is 18.0. The number of carbonyl (C=O) groups is 1. The molecule has 1 aliphatic rings. The van der Waals surface area contributed by atoms with E-state index >= 15 is 0 Å². The average molecular weight is 296 g/mol. The fourth-order valence-electron chi connectivity index (χ4n) is 2.54. The van der Waals surface area contributed by atoms with E-state index in [1.807, 2.05) is 61.5 Å². The third kappa shape index (κ3) is 3.46. The third-order valence-electron chi connectivity index (χ3n) is 3.83. The minimum atomic E-state index is -0.0758. The van der Waals surface area contributed by atoms with Gasteiger partial charge in [-0.2, -0.15) is 0 Å². The molecule has 4 nitrogen and oxygen atoms in total. The first-order valence-corrected chi connectivity index (χ1v) is 7.51. The summed E-state index contributed by atoms with van der Waals surface area (Å²) in [5.74, 6) is 0. The minimum Gasteiger partial charge on any atom is -0.370 e. The predicted octanol–water partition coefficient (Wildman–Crippen LogP) is 3.60. The van der Waals surface area contributed by atoms with Crippen LogP contribution in [0.2, 0.25) is 0 Å². The number of ether oxygens (including phenoxy) is 1. The molecule has 2 aromatic carbocycles. The van der Waals surface area contributed by atoms with Crippen LogP contribution in [-0.2, 0) is 4.74 Å². The van der Waals surface area contributed by atoms with Gasteiger partial charge < -0.3 is 15.0 Å². The molecule has 1 saturated heterocycles. The number of benzene rings is 2. The maximum Gasteiger partial charge on any atom is 0.322 e. The summed E-state index contributed by atoms with van der Waals surface area (Å²) in [7, 11) is 0. The topological polar surface area (TPSA) is 41.6 Å². The van der Waals surface area contributed by atoms with E-state index in [1.54, 1.807) is 4.90 Å². The summed E-state index contributed by atoms with van der Waals surface area (Å²) in [5.41, 5.74) is 3.10. The first-order chi connectivity index (χ1) is 10.7.